The molecule has 1 heterocycles. The predicted octanol–water partition coefficient (Wildman–Crippen LogP) is 4.35. The first kappa shape index (κ1) is 25.2. The Kier molecular flexibility index (Phi) is 7.87. The van der Waals surface area contributed by atoms with Crippen LogP contribution in [0.25, 0.3) is 0 Å². The summed E-state index contributed by atoms with van der Waals surface area (Å²) in [6.07, 6.45) is 1.45. The van der Waals surface area contributed by atoms with Gasteiger partial charge in [0.1, 0.15) is 17.9 Å². The Balaban J connectivity index is 1.72. The maximum atomic E-state index is 12.9. The summed E-state index contributed by atoms with van der Waals surface area (Å²) in [6, 6.07) is 9.22. The van der Waals surface area contributed by atoms with Crippen LogP contribution in [-0.2, 0) is 30.5 Å². The van der Waals surface area contributed by atoms with E-state index in [0.29, 0.717) is 12.8 Å². The van der Waals surface area contributed by atoms with Crippen LogP contribution in [0.15, 0.2) is 40.9 Å². The highest BCUT2D eigenvalue weighted by molar-refractivity contribution is 7.14. The van der Waals surface area contributed by atoms with Crippen LogP contribution < -0.4 is 5.32 Å². The van der Waals surface area contributed by atoms with Crippen molar-refractivity contribution in [3.63, 3.8) is 0 Å². The van der Waals surface area contributed by atoms with Gasteiger partial charge in [0, 0.05) is 18.2 Å². The van der Waals surface area contributed by atoms with Gasteiger partial charge in [-0.25, -0.2) is 19.4 Å². The van der Waals surface area contributed by atoms with Crippen LogP contribution in [0.1, 0.15) is 57.7 Å². The Labute approximate surface area is 200 Å². The van der Waals surface area contributed by atoms with Crippen molar-refractivity contribution in [2.24, 2.45) is 5.16 Å². The van der Waals surface area contributed by atoms with Gasteiger partial charge in [-0.05, 0) is 39.2 Å². The number of nitrogens with zero attached hydrogens (tertiary/aromatic N) is 2. The van der Waals surface area contributed by atoms with Crippen molar-refractivity contribution in [2.75, 3.05) is 5.32 Å². The molecule has 0 aliphatic heterocycles. The molecule has 1 aromatic heterocycles. The number of carbonyl (C=O) groups is 3. The second-order valence-electron chi connectivity index (χ2n) is 8.76. The van der Waals surface area contributed by atoms with Crippen LogP contribution in [-0.4, -0.2) is 45.0 Å². The third kappa shape index (κ3) is 6.77. The summed E-state index contributed by atoms with van der Waals surface area (Å²) in [5.41, 5.74) is -1.74. The van der Waals surface area contributed by atoms with Crippen LogP contribution in [0.4, 0.5) is 9.93 Å². The number of oxime groups is 1. The fourth-order valence-electron chi connectivity index (χ4n) is 3.29. The molecule has 0 atom stereocenters. The van der Waals surface area contributed by atoms with Crippen LogP contribution in [0.3, 0.4) is 0 Å². The number of hydrogen-bond acceptors (Lipinski definition) is 9. The number of amides is 1. The number of anilines is 1. The zero-order chi connectivity index (χ0) is 24.8. The van der Waals surface area contributed by atoms with Crippen molar-refractivity contribution >= 4 is 40.2 Å². The number of thiazole rings is 1. The highest BCUT2D eigenvalue weighted by Gasteiger charge is 2.46. The zero-order valence-corrected chi connectivity index (χ0v) is 20.0. The molecule has 0 spiro atoms. The SMILES string of the molecule is CC(C)(C)OC(=O)Nc1nc(/C(=N\OC2(C(=O)OCc3ccccc3)CCCC2)C(=O)O)cs1. The summed E-state index contributed by atoms with van der Waals surface area (Å²) in [5.74, 6) is -1.98. The van der Waals surface area contributed by atoms with Gasteiger partial charge in [-0.1, -0.05) is 35.5 Å². The maximum absolute atomic E-state index is 12.9. The highest BCUT2D eigenvalue weighted by Crippen LogP contribution is 2.35. The van der Waals surface area contributed by atoms with Crippen molar-refractivity contribution < 1.29 is 33.8 Å². The molecule has 3 rings (SSSR count). The van der Waals surface area contributed by atoms with Crippen molar-refractivity contribution in [3.8, 4) is 0 Å². The largest absolute Gasteiger partial charge is 0.476 e. The molecular formula is C23H27N3O7S. The van der Waals surface area contributed by atoms with E-state index in [9.17, 15) is 19.5 Å². The number of aromatic nitrogens is 1. The lowest BCUT2D eigenvalue weighted by Crippen LogP contribution is -2.39. The van der Waals surface area contributed by atoms with Crippen molar-refractivity contribution in [1.29, 1.82) is 0 Å². The van der Waals surface area contributed by atoms with E-state index in [-0.39, 0.29) is 17.4 Å². The summed E-state index contributed by atoms with van der Waals surface area (Å²) in [5, 5.41) is 17.4. The van der Waals surface area contributed by atoms with Crippen LogP contribution in [0, 0.1) is 0 Å². The van der Waals surface area contributed by atoms with Gasteiger partial charge in [0.2, 0.25) is 11.3 Å². The van der Waals surface area contributed by atoms with Gasteiger partial charge in [-0.3, -0.25) is 5.32 Å². The molecule has 2 N–H and O–H groups in total. The molecule has 0 saturated heterocycles. The number of hydrogen-bond donors (Lipinski definition) is 2. The first-order valence-electron chi connectivity index (χ1n) is 10.7. The number of carboxylic acid groups (broad SMARTS) is 1. The summed E-state index contributed by atoms with van der Waals surface area (Å²) in [6.45, 7) is 5.23. The van der Waals surface area contributed by atoms with E-state index in [4.69, 9.17) is 14.3 Å². The lowest BCUT2D eigenvalue weighted by molar-refractivity contribution is -0.173. The van der Waals surface area contributed by atoms with Crippen LogP contribution in [0.5, 0.6) is 0 Å². The molecule has 1 amide bonds. The van der Waals surface area contributed by atoms with Crippen molar-refractivity contribution in [3.05, 3.63) is 47.0 Å². The van der Waals surface area contributed by atoms with Gasteiger partial charge in [0.25, 0.3) is 0 Å². The van der Waals surface area contributed by atoms with E-state index in [1.165, 1.54) is 5.38 Å². The first-order chi connectivity index (χ1) is 16.1. The fraction of sp³-hybridized carbons (Fsp3) is 0.435. The molecule has 0 bridgehead atoms. The number of esters is 1. The Morgan fingerprint density at radius 1 is 1.18 bits per heavy atom. The minimum atomic E-state index is -1.39. The van der Waals surface area contributed by atoms with Gasteiger partial charge in [-0.15, -0.1) is 11.3 Å². The zero-order valence-electron chi connectivity index (χ0n) is 19.2. The highest BCUT2D eigenvalue weighted by atomic mass is 32.1. The molecule has 0 radical (unpaired) electrons. The molecule has 10 nitrogen and oxygen atoms in total. The molecular weight excluding hydrogens is 462 g/mol. The number of ether oxygens (including phenoxy) is 2. The molecule has 1 aliphatic carbocycles. The monoisotopic (exact) mass is 489 g/mol. The number of benzene rings is 1. The fourth-order valence-corrected chi connectivity index (χ4v) is 3.97. The Hall–Kier alpha value is -3.47. The standard InChI is InChI=1S/C23H27N3O7S/c1-22(2,3)32-21(30)25-20-24-16(14-34-20)17(18(27)28)26-33-23(11-7-8-12-23)19(29)31-13-15-9-5-4-6-10-15/h4-6,9-10,14H,7-8,11-13H2,1-3H3,(H,27,28)(H,24,25,30)/b26-17+. The average Bonchev–Trinajstić information content (AvgIpc) is 3.42. The molecule has 34 heavy (non-hydrogen) atoms. The quantitative estimate of drug-likeness (QED) is 0.317. The first-order valence-corrected chi connectivity index (χ1v) is 11.6. The number of nitrogens with one attached hydrogen (secondary N) is 1. The van der Waals surface area contributed by atoms with E-state index >= 15 is 0 Å². The Morgan fingerprint density at radius 3 is 2.47 bits per heavy atom. The molecule has 11 heteroatoms. The average molecular weight is 490 g/mol. The maximum Gasteiger partial charge on any atom is 0.413 e. The van der Waals surface area contributed by atoms with E-state index in [1.807, 2.05) is 30.3 Å². The Morgan fingerprint density at radius 2 is 1.85 bits per heavy atom. The van der Waals surface area contributed by atoms with Crippen LogP contribution in [0.2, 0.25) is 0 Å². The number of aliphatic carboxylic acids is 1. The second-order valence-corrected chi connectivity index (χ2v) is 9.62. The summed E-state index contributed by atoms with van der Waals surface area (Å²) < 4.78 is 10.6. The normalized spacial score (nSPS) is 15.4. The number of rotatable bonds is 8. The van der Waals surface area contributed by atoms with Gasteiger partial charge in [0.15, 0.2) is 5.13 Å². The summed E-state index contributed by atoms with van der Waals surface area (Å²) >= 11 is 1.00. The molecule has 0 unspecified atom stereocenters. The third-order valence-corrected chi connectivity index (χ3v) is 5.62. The van der Waals surface area contributed by atoms with E-state index in [2.05, 4.69) is 15.5 Å². The number of carbonyl (C=O) groups excluding carboxylic acids is 2. The molecule has 182 valence electrons. The molecule has 2 aromatic rings. The second kappa shape index (κ2) is 10.6. The summed E-state index contributed by atoms with van der Waals surface area (Å²) in [7, 11) is 0. The van der Waals surface area contributed by atoms with Gasteiger partial charge in [0.05, 0.1) is 0 Å². The van der Waals surface area contributed by atoms with E-state index in [0.717, 1.165) is 29.7 Å². The van der Waals surface area contributed by atoms with Gasteiger partial charge < -0.3 is 19.4 Å². The third-order valence-electron chi connectivity index (χ3n) is 4.86. The molecule has 1 aliphatic rings. The molecule has 1 fully saturated rings. The lowest BCUT2D eigenvalue weighted by Gasteiger charge is -2.24. The molecule has 1 saturated carbocycles. The van der Waals surface area contributed by atoms with E-state index < -0.39 is 34.9 Å². The smallest absolute Gasteiger partial charge is 0.413 e. The summed E-state index contributed by atoms with van der Waals surface area (Å²) in [4.78, 5) is 46.3. The van der Waals surface area contributed by atoms with Crippen LogP contribution >= 0.6 is 11.3 Å². The Bertz CT molecular complexity index is 1050. The predicted molar refractivity (Wildman–Crippen MR) is 125 cm³/mol. The minimum absolute atomic E-state index is 0.0191. The van der Waals surface area contributed by atoms with Crippen molar-refractivity contribution in [1.82, 2.24) is 4.98 Å². The lowest BCUT2D eigenvalue weighted by atomic mass is 10.0. The minimum Gasteiger partial charge on any atom is -0.476 e. The molecule has 1 aromatic carbocycles. The van der Waals surface area contributed by atoms with Gasteiger partial charge in [-0.2, -0.15) is 0 Å². The van der Waals surface area contributed by atoms with Crippen molar-refractivity contribution in [2.45, 2.75) is 64.3 Å². The topological polar surface area (TPSA) is 136 Å². The van der Waals surface area contributed by atoms with Gasteiger partial charge >= 0.3 is 18.0 Å². The number of carboxylic acids is 1. The van der Waals surface area contributed by atoms with E-state index in [1.54, 1.807) is 20.8 Å².